The molecule has 9 heteroatoms. The van der Waals surface area contributed by atoms with Gasteiger partial charge in [0.25, 0.3) is 0 Å². The van der Waals surface area contributed by atoms with Gasteiger partial charge >= 0.3 is 6.18 Å². The van der Waals surface area contributed by atoms with Crippen molar-refractivity contribution in [2.75, 3.05) is 43.0 Å². The Bertz CT molecular complexity index is 855. The molecular formula is C20H22ClF3N4O. The van der Waals surface area contributed by atoms with Gasteiger partial charge in [-0.25, -0.2) is 4.98 Å². The van der Waals surface area contributed by atoms with E-state index in [1.54, 1.807) is 11.9 Å². The van der Waals surface area contributed by atoms with Crippen molar-refractivity contribution in [1.82, 2.24) is 9.88 Å². The summed E-state index contributed by atoms with van der Waals surface area (Å²) in [4.78, 5) is 22.3. The van der Waals surface area contributed by atoms with Crippen LogP contribution in [-0.2, 0) is 11.0 Å². The smallest absolute Gasteiger partial charge is 0.353 e. The average molecular weight is 427 g/mol. The SMILES string of the molecule is C[C@@H](C(=O)N(C)c1ccccc1)N1CCN(c2ncc(C(F)(F)F)cc2Cl)CC1. The average Bonchev–Trinajstić information content (AvgIpc) is 2.72. The molecule has 1 fully saturated rings. The van der Waals surface area contributed by atoms with Gasteiger partial charge in [0.05, 0.1) is 16.6 Å². The maximum Gasteiger partial charge on any atom is 0.417 e. The summed E-state index contributed by atoms with van der Waals surface area (Å²) in [7, 11) is 1.75. The van der Waals surface area contributed by atoms with E-state index in [0.717, 1.165) is 18.0 Å². The van der Waals surface area contributed by atoms with Gasteiger partial charge in [0, 0.05) is 45.1 Å². The number of halogens is 4. The van der Waals surface area contributed by atoms with Crippen LogP contribution in [0, 0.1) is 0 Å². The van der Waals surface area contributed by atoms with Gasteiger partial charge in [-0.05, 0) is 25.1 Å². The number of hydrogen-bond donors (Lipinski definition) is 0. The van der Waals surface area contributed by atoms with Crippen molar-refractivity contribution in [3.8, 4) is 0 Å². The lowest BCUT2D eigenvalue weighted by Crippen LogP contribution is -2.54. The Kier molecular flexibility index (Phi) is 6.33. The minimum Gasteiger partial charge on any atom is -0.353 e. The summed E-state index contributed by atoms with van der Waals surface area (Å²) in [5, 5.41) is -0.0267. The van der Waals surface area contributed by atoms with Gasteiger partial charge in [0.15, 0.2) is 0 Å². The Morgan fingerprint density at radius 2 is 1.79 bits per heavy atom. The summed E-state index contributed by atoms with van der Waals surface area (Å²) in [6, 6.07) is 9.98. The molecule has 0 unspecified atom stereocenters. The zero-order valence-electron chi connectivity index (χ0n) is 16.2. The number of aromatic nitrogens is 1. The van der Waals surface area contributed by atoms with Crippen LogP contribution in [0.25, 0.3) is 0 Å². The molecule has 0 spiro atoms. The summed E-state index contributed by atoms with van der Waals surface area (Å²) in [5.74, 6) is 0.315. The first-order valence-electron chi connectivity index (χ1n) is 9.23. The summed E-state index contributed by atoms with van der Waals surface area (Å²) in [6.45, 7) is 4.05. The zero-order valence-corrected chi connectivity index (χ0v) is 16.9. The molecular weight excluding hydrogens is 405 g/mol. The number of carbonyl (C=O) groups is 1. The number of amides is 1. The van der Waals surface area contributed by atoms with E-state index in [2.05, 4.69) is 9.88 Å². The van der Waals surface area contributed by atoms with Crippen molar-refractivity contribution < 1.29 is 18.0 Å². The van der Waals surface area contributed by atoms with E-state index < -0.39 is 11.7 Å². The first-order valence-corrected chi connectivity index (χ1v) is 9.60. The first kappa shape index (κ1) is 21.4. The lowest BCUT2D eigenvalue weighted by Gasteiger charge is -2.39. The number of carbonyl (C=O) groups excluding carboxylic acids is 1. The highest BCUT2D eigenvalue weighted by Gasteiger charge is 2.33. The number of hydrogen-bond acceptors (Lipinski definition) is 4. The predicted molar refractivity (Wildman–Crippen MR) is 107 cm³/mol. The van der Waals surface area contributed by atoms with Crippen LogP contribution >= 0.6 is 11.6 Å². The van der Waals surface area contributed by atoms with E-state index in [1.165, 1.54) is 0 Å². The Morgan fingerprint density at radius 3 is 2.34 bits per heavy atom. The van der Waals surface area contributed by atoms with E-state index in [4.69, 9.17) is 11.6 Å². The highest BCUT2D eigenvalue weighted by atomic mass is 35.5. The second kappa shape index (κ2) is 8.59. The van der Waals surface area contributed by atoms with Crippen LogP contribution in [0.5, 0.6) is 0 Å². The Balaban J connectivity index is 1.62. The Morgan fingerprint density at radius 1 is 1.17 bits per heavy atom. The molecule has 3 rings (SSSR count). The van der Waals surface area contributed by atoms with Crippen molar-refractivity contribution in [2.45, 2.75) is 19.1 Å². The normalized spacial score (nSPS) is 16.6. The number of benzene rings is 1. The van der Waals surface area contributed by atoms with E-state index in [1.807, 2.05) is 42.2 Å². The van der Waals surface area contributed by atoms with Crippen LogP contribution in [0.4, 0.5) is 24.7 Å². The molecule has 156 valence electrons. The third-order valence-corrected chi connectivity index (χ3v) is 5.42. The number of para-hydroxylation sites is 1. The minimum absolute atomic E-state index is 0.0182. The number of pyridine rings is 1. The van der Waals surface area contributed by atoms with Crippen molar-refractivity contribution in [1.29, 1.82) is 0 Å². The van der Waals surface area contributed by atoms with Gasteiger partial charge in [-0.15, -0.1) is 0 Å². The molecule has 5 nitrogen and oxygen atoms in total. The van der Waals surface area contributed by atoms with Gasteiger partial charge in [0.1, 0.15) is 5.82 Å². The summed E-state index contributed by atoms with van der Waals surface area (Å²) in [5.41, 5.74) is -0.0447. The monoisotopic (exact) mass is 426 g/mol. The zero-order chi connectivity index (χ0) is 21.2. The number of nitrogens with zero attached hydrogens (tertiary/aromatic N) is 4. The van der Waals surface area contributed by atoms with Gasteiger partial charge in [-0.3, -0.25) is 9.69 Å². The molecule has 1 atom stereocenters. The van der Waals surface area contributed by atoms with Crippen LogP contribution in [-0.4, -0.2) is 55.1 Å². The number of piperazine rings is 1. The van der Waals surface area contributed by atoms with E-state index in [9.17, 15) is 18.0 Å². The molecule has 2 aromatic rings. The quantitative estimate of drug-likeness (QED) is 0.742. The van der Waals surface area contributed by atoms with Crippen LogP contribution in [0.1, 0.15) is 12.5 Å². The molecule has 0 saturated carbocycles. The predicted octanol–water partition coefficient (Wildman–Crippen LogP) is 3.93. The summed E-state index contributed by atoms with van der Waals surface area (Å²) >= 11 is 6.05. The Hall–Kier alpha value is -2.32. The molecule has 0 N–H and O–H groups in total. The number of likely N-dealkylation sites (N-methyl/N-ethyl adjacent to an activating group) is 1. The Labute approximate surface area is 172 Å². The number of alkyl halides is 3. The topological polar surface area (TPSA) is 39.7 Å². The summed E-state index contributed by atoms with van der Waals surface area (Å²) in [6.07, 6.45) is -3.68. The molecule has 0 bridgehead atoms. The molecule has 1 aromatic carbocycles. The van der Waals surface area contributed by atoms with E-state index in [0.29, 0.717) is 32.0 Å². The maximum atomic E-state index is 12.8. The first-order chi connectivity index (χ1) is 13.7. The van der Waals surface area contributed by atoms with Crippen LogP contribution in [0.2, 0.25) is 5.02 Å². The fourth-order valence-corrected chi connectivity index (χ4v) is 3.64. The van der Waals surface area contributed by atoms with E-state index >= 15 is 0 Å². The third kappa shape index (κ3) is 4.82. The summed E-state index contributed by atoms with van der Waals surface area (Å²) < 4.78 is 38.4. The van der Waals surface area contributed by atoms with Crippen LogP contribution in [0.3, 0.4) is 0 Å². The van der Waals surface area contributed by atoms with E-state index in [-0.39, 0.29) is 17.0 Å². The van der Waals surface area contributed by atoms with Gasteiger partial charge in [-0.1, -0.05) is 29.8 Å². The van der Waals surface area contributed by atoms with Gasteiger partial charge < -0.3 is 9.80 Å². The fourth-order valence-electron chi connectivity index (χ4n) is 3.35. The van der Waals surface area contributed by atoms with Crippen molar-refractivity contribution in [3.63, 3.8) is 0 Å². The molecule has 1 aliphatic heterocycles. The molecule has 29 heavy (non-hydrogen) atoms. The van der Waals surface area contributed by atoms with Gasteiger partial charge in [-0.2, -0.15) is 13.2 Å². The molecule has 1 amide bonds. The highest BCUT2D eigenvalue weighted by Crippen LogP contribution is 2.33. The molecule has 1 aromatic heterocycles. The molecule has 1 aliphatic rings. The maximum absolute atomic E-state index is 12.8. The van der Waals surface area contributed by atoms with Crippen molar-refractivity contribution in [3.05, 3.63) is 53.2 Å². The molecule has 0 radical (unpaired) electrons. The number of anilines is 2. The lowest BCUT2D eigenvalue weighted by atomic mass is 10.2. The van der Waals surface area contributed by atoms with Crippen LogP contribution in [0.15, 0.2) is 42.6 Å². The minimum atomic E-state index is -4.48. The number of rotatable bonds is 4. The second-order valence-electron chi connectivity index (χ2n) is 6.96. The van der Waals surface area contributed by atoms with Gasteiger partial charge in [0.2, 0.25) is 5.91 Å². The molecule has 1 saturated heterocycles. The highest BCUT2D eigenvalue weighted by molar-refractivity contribution is 6.33. The lowest BCUT2D eigenvalue weighted by molar-refractivity contribution is -0.137. The van der Waals surface area contributed by atoms with Crippen molar-refractivity contribution in [2.24, 2.45) is 0 Å². The second-order valence-corrected chi connectivity index (χ2v) is 7.37. The standard InChI is InChI=1S/C20H22ClF3N4O/c1-14(19(29)26(2)16-6-4-3-5-7-16)27-8-10-28(11-9-27)18-17(21)12-15(13-25-18)20(22,23)24/h3-7,12-14H,8-11H2,1-2H3/t14-/m0/s1. The molecule has 2 heterocycles. The van der Waals surface area contributed by atoms with Crippen molar-refractivity contribution >= 4 is 29.0 Å². The fraction of sp³-hybridized carbons (Fsp3) is 0.400. The molecule has 0 aliphatic carbocycles. The third-order valence-electron chi connectivity index (χ3n) is 5.14. The largest absolute Gasteiger partial charge is 0.417 e. The van der Waals surface area contributed by atoms with Crippen LogP contribution < -0.4 is 9.80 Å².